The molecule has 2 rings (SSSR count). The van der Waals surface area contributed by atoms with E-state index in [9.17, 15) is 9.59 Å². The quantitative estimate of drug-likeness (QED) is 0.887. The predicted octanol–water partition coefficient (Wildman–Crippen LogP) is 3.57. The highest BCUT2D eigenvalue weighted by atomic mass is 32.1. The van der Waals surface area contributed by atoms with Crippen LogP contribution < -0.4 is 4.87 Å². The van der Waals surface area contributed by atoms with Gasteiger partial charge in [0.25, 0.3) is 0 Å². The molecule has 0 bridgehead atoms. The van der Waals surface area contributed by atoms with Crippen LogP contribution in [-0.2, 0) is 11.3 Å². The van der Waals surface area contributed by atoms with Gasteiger partial charge in [-0.2, -0.15) is 0 Å². The van der Waals surface area contributed by atoms with Crippen LogP contribution in [0.1, 0.15) is 37.5 Å². The van der Waals surface area contributed by atoms with E-state index in [4.69, 9.17) is 5.11 Å². The van der Waals surface area contributed by atoms with Gasteiger partial charge in [-0.05, 0) is 17.9 Å². The normalized spacial score (nSPS) is 11.0. The standard InChI is InChI=1S/C16H19NO3S/c1-11(2)15-14(12-7-4-3-5-8-12)17(16(20)21-15)10-6-9-13(18)19/h3-5,7-8,11H,6,9-10H2,1-2H3,(H,18,19). The van der Waals surface area contributed by atoms with Crippen LogP contribution in [0.25, 0.3) is 11.3 Å². The number of carboxylic acid groups (broad SMARTS) is 1. The molecule has 1 N–H and O–H groups in total. The fourth-order valence-corrected chi connectivity index (χ4v) is 3.34. The minimum Gasteiger partial charge on any atom is -0.481 e. The van der Waals surface area contributed by atoms with Crippen LogP contribution in [0.15, 0.2) is 35.1 Å². The Labute approximate surface area is 127 Å². The van der Waals surface area contributed by atoms with Crippen LogP contribution in [0.2, 0.25) is 0 Å². The molecule has 4 nitrogen and oxygen atoms in total. The van der Waals surface area contributed by atoms with E-state index in [0.29, 0.717) is 13.0 Å². The van der Waals surface area contributed by atoms with Gasteiger partial charge in [-0.25, -0.2) is 0 Å². The molecule has 21 heavy (non-hydrogen) atoms. The zero-order valence-electron chi connectivity index (χ0n) is 12.2. The van der Waals surface area contributed by atoms with Crippen molar-refractivity contribution in [1.82, 2.24) is 4.57 Å². The Bertz CT molecular complexity index is 671. The zero-order valence-corrected chi connectivity index (χ0v) is 13.0. The molecular formula is C16H19NO3S. The van der Waals surface area contributed by atoms with Gasteiger partial charge in [-0.1, -0.05) is 55.5 Å². The minimum absolute atomic E-state index is 0.0112. The van der Waals surface area contributed by atoms with E-state index in [2.05, 4.69) is 13.8 Å². The molecular weight excluding hydrogens is 286 g/mol. The summed E-state index contributed by atoms with van der Waals surface area (Å²) >= 11 is 1.26. The zero-order chi connectivity index (χ0) is 15.4. The fraction of sp³-hybridized carbons (Fsp3) is 0.375. The van der Waals surface area contributed by atoms with Gasteiger partial charge in [0.1, 0.15) is 0 Å². The molecule has 1 aromatic carbocycles. The van der Waals surface area contributed by atoms with E-state index in [1.165, 1.54) is 11.3 Å². The molecule has 0 amide bonds. The first-order valence-electron chi connectivity index (χ1n) is 7.01. The third-order valence-electron chi connectivity index (χ3n) is 3.26. The third-order valence-corrected chi connectivity index (χ3v) is 4.54. The molecule has 1 aromatic heterocycles. The Morgan fingerprint density at radius 3 is 2.52 bits per heavy atom. The summed E-state index contributed by atoms with van der Waals surface area (Å²) in [6, 6.07) is 9.81. The molecule has 2 aromatic rings. The number of rotatable bonds is 6. The van der Waals surface area contributed by atoms with Gasteiger partial charge in [0.15, 0.2) is 0 Å². The summed E-state index contributed by atoms with van der Waals surface area (Å²) in [5.74, 6) is -0.567. The van der Waals surface area contributed by atoms with Gasteiger partial charge in [0.2, 0.25) is 0 Å². The van der Waals surface area contributed by atoms with E-state index < -0.39 is 5.97 Å². The van der Waals surface area contributed by atoms with E-state index in [0.717, 1.165) is 16.1 Å². The van der Waals surface area contributed by atoms with Crippen LogP contribution in [-0.4, -0.2) is 15.6 Å². The highest BCUT2D eigenvalue weighted by Crippen LogP contribution is 2.31. The van der Waals surface area contributed by atoms with Crippen LogP contribution in [0.4, 0.5) is 0 Å². The number of hydrogen-bond acceptors (Lipinski definition) is 3. The molecule has 0 aliphatic heterocycles. The molecule has 0 unspecified atom stereocenters. The second-order valence-electron chi connectivity index (χ2n) is 5.25. The summed E-state index contributed by atoms with van der Waals surface area (Å²) in [6.45, 7) is 4.58. The number of hydrogen-bond donors (Lipinski definition) is 1. The molecule has 112 valence electrons. The van der Waals surface area contributed by atoms with E-state index in [1.807, 2.05) is 30.3 Å². The van der Waals surface area contributed by atoms with Crippen molar-refractivity contribution in [1.29, 1.82) is 0 Å². The number of aliphatic carboxylic acids is 1. The highest BCUT2D eigenvalue weighted by Gasteiger charge is 2.18. The Kier molecular flexibility index (Phi) is 4.96. The van der Waals surface area contributed by atoms with E-state index in [1.54, 1.807) is 4.57 Å². The van der Waals surface area contributed by atoms with E-state index >= 15 is 0 Å². The average Bonchev–Trinajstić information content (AvgIpc) is 2.77. The number of carboxylic acids is 1. The largest absolute Gasteiger partial charge is 0.481 e. The molecule has 0 atom stereocenters. The highest BCUT2D eigenvalue weighted by molar-refractivity contribution is 7.09. The van der Waals surface area contributed by atoms with Crippen molar-refractivity contribution in [2.75, 3.05) is 0 Å². The first-order chi connectivity index (χ1) is 10.0. The lowest BCUT2D eigenvalue weighted by molar-refractivity contribution is -0.137. The molecule has 0 saturated heterocycles. The van der Waals surface area contributed by atoms with Crippen molar-refractivity contribution >= 4 is 17.3 Å². The monoisotopic (exact) mass is 305 g/mol. The summed E-state index contributed by atoms with van der Waals surface area (Å²) in [5, 5.41) is 8.76. The maximum absolute atomic E-state index is 12.2. The molecule has 0 radical (unpaired) electrons. The third kappa shape index (κ3) is 3.61. The van der Waals surface area contributed by atoms with Gasteiger partial charge in [0.05, 0.1) is 5.69 Å². The van der Waals surface area contributed by atoms with Crippen molar-refractivity contribution in [3.8, 4) is 11.3 Å². The first-order valence-corrected chi connectivity index (χ1v) is 7.83. The second-order valence-corrected chi connectivity index (χ2v) is 6.24. The molecule has 0 aliphatic rings. The molecule has 0 fully saturated rings. The molecule has 1 heterocycles. The van der Waals surface area contributed by atoms with Gasteiger partial charge >= 0.3 is 10.8 Å². The van der Waals surface area contributed by atoms with Crippen molar-refractivity contribution in [3.05, 3.63) is 44.9 Å². The van der Waals surface area contributed by atoms with Crippen molar-refractivity contribution in [3.63, 3.8) is 0 Å². The number of nitrogens with zero attached hydrogens (tertiary/aromatic N) is 1. The molecule has 0 saturated carbocycles. The first kappa shape index (κ1) is 15.5. The smallest absolute Gasteiger partial charge is 0.307 e. The van der Waals surface area contributed by atoms with Crippen LogP contribution in [0.5, 0.6) is 0 Å². The average molecular weight is 305 g/mol. The number of aromatic nitrogens is 1. The SMILES string of the molecule is CC(C)c1sc(=O)n(CCCC(=O)O)c1-c1ccccc1. The van der Waals surface area contributed by atoms with Crippen molar-refractivity contribution in [2.45, 2.75) is 39.2 Å². The van der Waals surface area contributed by atoms with Crippen LogP contribution in [0.3, 0.4) is 0 Å². The lowest BCUT2D eigenvalue weighted by atomic mass is 10.0. The maximum Gasteiger partial charge on any atom is 0.307 e. The van der Waals surface area contributed by atoms with Crippen molar-refractivity contribution in [2.24, 2.45) is 0 Å². The topological polar surface area (TPSA) is 59.3 Å². The van der Waals surface area contributed by atoms with Gasteiger partial charge in [0, 0.05) is 17.8 Å². The molecule has 0 spiro atoms. The lowest BCUT2D eigenvalue weighted by Crippen LogP contribution is -2.15. The number of thiazole rings is 1. The van der Waals surface area contributed by atoms with Crippen molar-refractivity contribution < 1.29 is 9.90 Å². The summed E-state index contributed by atoms with van der Waals surface area (Å²) < 4.78 is 1.72. The summed E-state index contributed by atoms with van der Waals surface area (Å²) in [7, 11) is 0. The Hall–Kier alpha value is -1.88. The summed E-state index contributed by atoms with van der Waals surface area (Å²) in [6.07, 6.45) is 0.539. The van der Waals surface area contributed by atoms with Gasteiger partial charge in [-0.15, -0.1) is 0 Å². The number of carbonyl (C=O) groups is 1. The molecule has 5 heteroatoms. The van der Waals surface area contributed by atoms with Crippen LogP contribution in [0, 0.1) is 0 Å². The molecule has 0 aliphatic carbocycles. The van der Waals surface area contributed by atoms with Crippen LogP contribution >= 0.6 is 11.3 Å². The maximum atomic E-state index is 12.2. The Morgan fingerprint density at radius 1 is 1.29 bits per heavy atom. The lowest BCUT2D eigenvalue weighted by Gasteiger charge is -2.11. The Morgan fingerprint density at radius 2 is 1.95 bits per heavy atom. The second kappa shape index (κ2) is 6.72. The Balaban J connectivity index is 2.44. The van der Waals surface area contributed by atoms with Gasteiger partial charge in [-0.3, -0.25) is 14.2 Å². The minimum atomic E-state index is -0.830. The number of benzene rings is 1. The van der Waals surface area contributed by atoms with Gasteiger partial charge < -0.3 is 5.11 Å². The fourth-order valence-electron chi connectivity index (χ4n) is 2.30. The summed E-state index contributed by atoms with van der Waals surface area (Å²) in [4.78, 5) is 24.0. The van der Waals surface area contributed by atoms with E-state index in [-0.39, 0.29) is 17.2 Å². The summed E-state index contributed by atoms with van der Waals surface area (Å²) in [5.41, 5.74) is 1.95. The predicted molar refractivity (Wildman–Crippen MR) is 85.0 cm³/mol.